The fourth-order valence-electron chi connectivity index (χ4n) is 5.17. The Bertz CT molecular complexity index is 606. The minimum absolute atomic E-state index is 0.412. The van der Waals surface area contributed by atoms with E-state index in [9.17, 15) is 0 Å². The van der Waals surface area contributed by atoms with E-state index in [1.165, 1.54) is 0 Å². The Morgan fingerprint density at radius 2 is 1.30 bits per heavy atom. The molecule has 0 radical (unpaired) electrons. The third kappa shape index (κ3) is 2.14. The Labute approximate surface area is 136 Å². The summed E-state index contributed by atoms with van der Waals surface area (Å²) < 4.78 is 70.1. The van der Waals surface area contributed by atoms with Crippen molar-refractivity contribution in [2.24, 2.45) is 17.8 Å². The van der Waals surface area contributed by atoms with Crippen LogP contribution in [0.1, 0.15) is 70.3 Å². The molecule has 0 aromatic rings. The zero-order valence-electron chi connectivity index (χ0n) is 20.9. The average molecular weight is 285 g/mol. The Hall–Kier alpha value is -0.0800. The van der Waals surface area contributed by atoms with Crippen molar-refractivity contribution < 1.29 is 11.0 Å². The van der Waals surface area contributed by atoms with Crippen LogP contribution >= 0.6 is 0 Å². The number of nitrogens with zero attached hydrogens (tertiary/aromatic N) is 2. The van der Waals surface area contributed by atoms with Crippen LogP contribution in [-0.4, -0.2) is 46.9 Å². The maximum atomic E-state index is 8.83. The van der Waals surface area contributed by atoms with Gasteiger partial charge in [-0.2, -0.15) is 0 Å². The van der Waals surface area contributed by atoms with Crippen LogP contribution in [0.3, 0.4) is 0 Å². The lowest BCUT2D eigenvalue weighted by Crippen LogP contribution is -2.65. The minimum Gasteiger partial charge on any atom is -0.296 e. The van der Waals surface area contributed by atoms with Gasteiger partial charge < -0.3 is 0 Å². The molecule has 0 N–H and O–H groups in total. The van der Waals surface area contributed by atoms with E-state index >= 15 is 0 Å². The van der Waals surface area contributed by atoms with Gasteiger partial charge in [-0.05, 0) is 77.0 Å². The number of piperazine rings is 1. The summed E-state index contributed by atoms with van der Waals surface area (Å²) in [6, 6.07) is 0. The first kappa shape index (κ1) is 7.46. The summed E-state index contributed by atoms with van der Waals surface area (Å²) in [6.45, 7) is -5.89. The molecule has 0 atom stereocenters. The van der Waals surface area contributed by atoms with Crippen LogP contribution in [-0.2, 0) is 0 Å². The zero-order chi connectivity index (χ0) is 21.1. The van der Waals surface area contributed by atoms with Crippen LogP contribution in [0.25, 0.3) is 0 Å². The average Bonchev–Trinajstić information content (AvgIpc) is 2.40. The van der Waals surface area contributed by atoms with Gasteiger partial charge in [0.2, 0.25) is 0 Å². The lowest BCUT2D eigenvalue weighted by Gasteiger charge is -2.62. The van der Waals surface area contributed by atoms with E-state index in [1.54, 1.807) is 20.8 Å². The molecule has 4 saturated carbocycles. The molecule has 0 unspecified atom stereocenters. The number of hydrogen-bond acceptors (Lipinski definition) is 2. The van der Waals surface area contributed by atoms with Crippen LogP contribution < -0.4 is 0 Å². The highest BCUT2D eigenvalue weighted by Gasteiger charge is 2.53. The molecule has 1 saturated heterocycles. The highest BCUT2D eigenvalue weighted by atomic mass is 15.3. The third-order valence-electron chi connectivity index (χ3n) is 5.70. The molecule has 1 heterocycles. The van der Waals surface area contributed by atoms with Crippen molar-refractivity contribution in [1.82, 2.24) is 9.80 Å². The van der Waals surface area contributed by atoms with Gasteiger partial charge in [0, 0.05) is 48.0 Å². The molecule has 0 aromatic heterocycles. The van der Waals surface area contributed by atoms with Crippen LogP contribution in [0.2, 0.25) is 0 Å². The van der Waals surface area contributed by atoms with E-state index in [0.717, 1.165) is 29.1 Å². The van der Waals surface area contributed by atoms with Gasteiger partial charge in [0.05, 0.1) is 0 Å². The lowest BCUT2D eigenvalue weighted by molar-refractivity contribution is -0.107. The molecule has 5 fully saturated rings. The molecule has 0 aromatic carbocycles. The normalized spacial score (nSPS) is 62.0. The van der Waals surface area contributed by atoms with Crippen molar-refractivity contribution in [2.75, 3.05) is 26.0 Å². The topological polar surface area (TPSA) is 6.48 Å². The number of rotatable bonds is 1. The largest absolute Gasteiger partial charge is 0.296 e. The van der Waals surface area contributed by atoms with Crippen molar-refractivity contribution in [3.8, 4) is 0 Å². The Morgan fingerprint density at radius 1 is 0.850 bits per heavy atom. The Kier molecular flexibility index (Phi) is 1.66. The molecule has 1 aliphatic heterocycles. The second kappa shape index (κ2) is 4.46. The number of hydrogen-bond donors (Lipinski definition) is 0. The first-order chi connectivity index (χ1) is 12.5. The minimum atomic E-state index is -2.69. The van der Waals surface area contributed by atoms with Crippen LogP contribution in [0.15, 0.2) is 0 Å². The standard InChI is InChI=1S/C18H32N2/c1-17(2,3)19-4-6-20(7-5-19)18-11-14-8-15(12-18)10-16(9-14)13-18/h14-16H,4-13H2,1-3H3/i4D2,5D2,6D2,7D2. The second-order valence-corrected chi connectivity index (χ2v) is 8.43. The van der Waals surface area contributed by atoms with Gasteiger partial charge >= 0.3 is 0 Å². The van der Waals surface area contributed by atoms with Gasteiger partial charge in [0.25, 0.3) is 0 Å². The summed E-state index contributed by atoms with van der Waals surface area (Å²) >= 11 is 0. The van der Waals surface area contributed by atoms with E-state index in [2.05, 4.69) is 0 Å². The Morgan fingerprint density at radius 3 is 1.70 bits per heavy atom. The smallest absolute Gasteiger partial charge is 0.0444 e. The van der Waals surface area contributed by atoms with E-state index in [1.807, 2.05) is 0 Å². The predicted octanol–water partition coefficient (Wildman–Crippen LogP) is 3.37. The monoisotopic (exact) mass is 284 g/mol. The van der Waals surface area contributed by atoms with Gasteiger partial charge in [-0.25, -0.2) is 0 Å². The summed E-state index contributed by atoms with van der Waals surface area (Å²) in [5, 5.41) is 0. The SMILES string of the molecule is [2H]C1([2H])N(C(C)(C)C)C([2H])([2H])C([2H])([2H])N(C23CC4CC(CC(C4)C2)C3)C1([2H])[2H]. The maximum absolute atomic E-state index is 8.83. The van der Waals surface area contributed by atoms with Gasteiger partial charge in [-0.1, -0.05) is 0 Å². The summed E-state index contributed by atoms with van der Waals surface area (Å²) in [6.07, 6.45) is 5.19. The molecule has 0 spiro atoms. The van der Waals surface area contributed by atoms with Gasteiger partial charge in [-0.15, -0.1) is 0 Å². The van der Waals surface area contributed by atoms with Gasteiger partial charge in [0.15, 0.2) is 0 Å². The third-order valence-corrected chi connectivity index (χ3v) is 5.70. The van der Waals surface area contributed by atoms with E-state index in [4.69, 9.17) is 11.0 Å². The predicted molar refractivity (Wildman–Crippen MR) is 83.8 cm³/mol. The Balaban J connectivity index is 1.89. The molecule has 2 heteroatoms. The fraction of sp³-hybridized carbons (Fsp3) is 1.00. The summed E-state index contributed by atoms with van der Waals surface area (Å²) in [7, 11) is 0. The molecule has 2 nitrogen and oxygen atoms in total. The van der Waals surface area contributed by atoms with Crippen LogP contribution in [0, 0.1) is 17.8 Å². The second-order valence-electron chi connectivity index (χ2n) is 8.43. The maximum Gasteiger partial charge on any atom is 0.0444 e. The van der Waals surface area contributed by atoms with Crippen molar-refractivity contribution in [2.45, 2.75) is 70.4 Å². The molecule has 5 rings (SSSR count). The summed E-state index contributed by atoms with van der Waals surface area (Å²) in [5.41, 5.74) is -1.91. The van der Waals surface area contributed by atoms with Crippen molar-refractivity contribution in [3.63, 3.8) is 0 Å². The molecule has 0 amide bonds. The molecule has 20 heavy (non-hydrogen) atoms. The summed E-state index contributed by atoms with van der Waals surface area (Å²) in [4.78, 5) is 1.81. The van der Waals surface area contributed by atoms with Crippen LogP contribution in [0.4, 0.5) is 0 Å². The highest BCUT2D eigenvalue weighted by molar-refractivity contribution is 5.08. The highest BCUT2D eigenvalue weighted by Crippen LogP contribution is 2.57. The van der Waals surface area contributed by atoms with Crippen LogP contribution in [0.5, 0.6) is 0 Å². The van der Waals surface area contributed by atoms with Crippen molar-refractivity contribution in [3.05, 3.63) is 0 Å². The van der Waals surface area contributed by atoms with Gasteiger partial charge in [-0.3, -0.25) is 9.80 Å². The summed E-state index contributed by atoms with van der Waals surface area (Å²) in [5.74, 6) is 1.24. The first-order valence-corrected chi connectivity index (χ1v) is 8.08. The zero-order valence-corrected chi connectivity index (χ0v) is 12.9. The molecule has 114 valence electrons. The van der Waals surface area contributed by atoms with Crippen molar-refractivity contribution >= 4 is 0 Å². The lowest BCUT2D eigenvalue weighted by atomic mass is 9.52. The molecular formula is C18H32N2. The molecule has 4 aliphatic carbocycles. The van der Waals surface area contributed by atoms with Gasteiger partial charge in [0.1, 0.15) is 0 Å². The van der Waals surface area contributed by atoms with E-state index in [0.29, 0.717) is 37.0 Å². The molecule has 4 bridgehead atoms. The first-order valence-electron chi connectivity index (χ1n) is 12.1. The van der Waals surface area contributed by atoms with Crippen molar-refractivity contribution in [1.29, 1.82) is 0 Å². The fourth-order valence-corrected chi connectivity index (χ4v) is 5.17. The van der Waals surface area contributed by atoms with E-state index in [-0.39, 0.29) is 0 Å². The molecular weight excluding hydrogens is 244 g/mol. The molecule has 5 aliphatic rings. The van der Waals surface area contributed by atoms with E-state index < -0.39 is 37.1 Å². The quantitative estimate of drug-likeness (QED) is 0.728.